The molecule has 0 unspecified atom stereocenters. The van der Waals surface area contributed by atoms with Gasteiger partial charge in [-0.25, -0.2) is 9.59 Å². The Balaban J connectivity index is 1.63. The second kappa shape index (κ2) is 6.84. The highest BCUT2D eigenvalue weighted by Crippen LogP contribution is 2.17. The Morgan fingerprint density at radius 2 is 1.76 bits per heavy atom. The minimum absolute atomic E-state index is 0.0881. The van der Waals surface area contributed by atoms with Crippen molar-refractivity contribution in [1.29, 1.82) is 0 Å². The van der Waals surface area contributed by atoms with Gasteiger partial charge in [0, 0.05) is 26.3 Å². The topological polar surface area (TPSA) is 68.1 Å². The lowest BCUT2D eigenvalue weighted by atomic mass is 10.1. The molecule has 0 aliphatic rings. The Labute approximate surface area is 146 Å². The van der Waals surface area contributed by atoms with Crippen molar-refractivity contribution >= 4 is 22.8 Å². The van der Waals surface area contributed by atoms with Crippen LogP contribution in [0.25, 0.3) is 11.0 Å². The summed E-state index contributed by atoms with van der Waals surface area (Å²) >= 11 is 0. The van der Waals surface area contributed by atoms with Crippen LogP contribution < -0.4 is 16.3 Å². The highest BCUT2D eigenvalue weighted by molar-refractivity contribution is 5.92. The Kier molecular flexibility index (Phi) is 4.61. The summed E-state index contributed by atoms with van der Waals surface area (Å²) in [5.74, 6) is 0. The molecule has 3 aromatic rings. The van der Waals surface area contributed by atoms with Gasteiger partial charge in [0.25, 0.3) is 0 Å². The minimum atomic E-state index is -0.256. The maximum absolute atomic E-state index is 12.1. The normalized spacial score (nSPS) is 10.8. The lowest BCUT2D eigenvalue weighted by molar-refractivity contribution is 0.252. The summed E-state index contributed by atoms with van der Waals surface area (Å²) in [6.45, 7) is 2.62. The first-order valence-electron chi connectivity index (χ1n) is 8.22. The molecule has 0 saturated carbocycles. The number of amides is 2. The molecule has 1 heterocycles. The van der Waals surface area contributed by atoms with Crippen LogP contribution in [-0.2, 0) is 20.5 Å². The number of nitrogens with zero attached hydrogens (tertiary/aromatic N) is 2. The van der Waals surface area contributed by atoms with E-state index in [1.54, 1.807) is 35.4 Å². The van der Waals surface area contributed by atoms with Crippen molar-refractivity contribution < 1.29 is 4.79 Å². The molecule has 0 saturated heterocycles. The molecular formula is C19H22N4O2. The van der Waals surface area contributed by atoms with E-state index in [1.807, 2.05) is 18.2 Å². The summed E-state index contributed by atoms with van der Waals surface area (Å²) in [7, 11) is 3.45. The van der Waals surface area contributed by atoms with E-state index in [2.05, 4.69) is 29.7 Å². The maximum atomic E-state index is 12.1. The molecule has 6 nitrogen and oxygen atoms in total. The summed E-state index contributed by atoms with van der Waals surface area (Å²) in [5, 5.41) is 5.68. The number of nitrogens with one attached hydrogen (secondary N) is 2. The van der Waals surface area contributed by atoms with Crippen molar-refractivity contribution in [3.05, 3.63) is 64.1 Å². The fourth-order valence-corrected chi connectivity index (χ4v) is 2.96. The number of fused-ring (bicyclic) bond motifs is 1. The van der Waals surface area contributed by atoms with Gasteiger partial charge >= 0.3 is 11.7 Å². The fourth-order valence-electron chi connectivity index (χ4n) is 2.96. The molecule has 2 N–H and O–H groups in total. The van der Waals surface area contributed by atoms with Gasteiger partial charge in [0.15, 0.2) is 0 Å². The molecule has 0 spiro atoms. The van der Waals surface area contributed by atoms with Crippen LogP contribution in [0.3, 0.4) is 0 Å². The fraction of sp³-hybridized carbons (Fsp3) is 0.263. The number of carbonyl (C=O) groups excluding carboxylic acids is 1. The van der Waals surface area contributed by atoms with Crippen molar-refractivity contribution in [1.82, 2.24) is 14.5 Å². The number of aryl methyl sites for hydroxylation is 3. The van der Waals surface area contributed by atoms with E-state index in [1.165, 1.54) is 11.1 Å². The molecule has 130 valence electrons. The number of carbonyl (C=O) groups is 1. The molecule has 3 rings (SSSR count). The number of imidazole rings is 1. The van der Waals surface area contributed by atoms with E-state index in [0.717, 1.165) is 17.5 Å². The lowest BCUT2D eigenvalue weighted by Gasteiger charge is -2.09. The molecule has 6 heteroatoms. The highest BCUT2D eigenvalue weighted by atomic mass is 16.2. The Hall–Kier alpha value is -3.02. The van der Waals surface area contributed by atoms with Crippen LogP contribution in [0.1, 0.15) is 11.1 Å². The predicted molar refractivity (Wildman–Crippen MR) is 100 cm³/mol. The number of urea groups is 1. The molecule has 1 aromatic heterocycles. The van der Waals surface area contributed by atoms with Crippen LogP contribution in [-0.4, -0.2) is 21.7 Å². The Morgan fingerprint density at radius 1 is 1.04 bits per heavy atom. The van der Waals surface area contributed by atoms with E-state index >= 15 is 0 Å². The molecular weight excluding hydrogens is 316 g/mol. The average Bonchev–Trinajstić information content (AvgIpc) is 2.81. The number of rotatable bonds is 4. The monoisotopic (exact) mass is 338 g/mol. The van der Waals surface area contributed by atoms with Gasteiger partial charge in [-0.1, -0.05) is 24.3 Å². The molecule has 0 aliphatic heterocycles. The number of hydrogen-bond acceptors (Lipinski definition) is 2. The average molecular weight is 338 g/mol. The molecule has 0 bridgehead atoms. The van der Waals surface area contributed by atoms with Gasteiger partial charge in [-0.2, -0.15) is 0 Å². The van der Waals surface area contributed by atoms with Crippen molar-refractivity contribution in [2.75, 3.05) is 11.9 Å². The third-order valence-corrected chi connectivity index (χ3v) is 4.47. The molecule has 2 amide bonds. The summed E-state index contributed by atoms with van der Waals surface area (Å²) in [6, 6.07) is 13.3. The van der Waals surface area contributed by atoms with E-state index in [0.29, 0.717) is 12.2 Å². The standard InChI is InChI=1S/C19H22N4O2/c1-13-6-4-5-7-14(13)10-11-20-18(24)21-15-8-9-16-17(12-15)23(3)19(25)22(16)2/h4-9,12H,10-11H2,1-3H3,(H2,20,21,24). The Morgan fingerprint density at radius 3 is 2.52 bits per heavy atom. The van der Waals surface area contributed by atoms with Crippen LogP contribution in [0.5, 0.6) is 0 Å². The van der Waals surface area contributed by atoms with Gasteiger partial charge in [0.2, 0.25) is 0 Å². The zero-order valence-corrected chi connectivity index (χ0v) is 14.7. The van der Waals surface area contributed by atoms with Crippen molar-refractivity contribution in [2.24, 2.45) is 14.1 Å². The summed E-state index contributed by atoms with van der Waals surface area (Å²) in [6.07, 6.45) is 0.784. The third kappa shape index (κ3) is 3.42. The highest BCUT2D eigenvalue weighted by Gasteiger charge is 2.09. The van der Waals surface area contributed by atoms with Crippen molar-refractivity contribution in [2.45, 2.75) is 13.3 Å². The first-order valence-corrected chi connectivity index (χ1v) is 8.22. The van der Waals surface area contributed by atoms with E-state index in [-0.39, 0.29) is 11.7 Å². The number of hydrogen-bond donors (Lipinski definition) is 2. The minimum Gasteiger partial charge on any atom is -0.338 e. The van der Waals surface area contributed by atoms with Crippen molar-refractivity contribution in [3.8, 4) is 0 Å². The quantitative estimate of drug-likeness (QED) is 0.768. The molecule has 25 heavy (non-hydrogen) atoms. The molecule has 0 fully saturated rings. The van der Waals surface area contributed by atoms with Crippen LogP contribution in [0.4, 0.5) is 10.5 Å². The number of aromatic nitrogens is 2. The van der Waals surface area contributed by atoms with Crippen LogP contribution in [0.2, 0.25) is 0 Å². The van der Waals surface area contributed by atoms with E-state index in [4.69, 9.17) is 0 Å². The molecule has 0 aliphatic carbocycles. The third-order valence-electron chi connectivity index (χ3n) is 4.47. The van der Waals surface area contributed by atoms with Crippen LogP contribution in [0, 0.1) is 6.92 Å². The SMILES string of the molecule is Cc1ccccc1CCNC(=O)Nc1ccc2c(c1)n(C)c(=O)n2C. The molecule has 0 atom stereocenters. The largest absolute Gasteiger partial charge is 0.338 e. The maximum Gasteiger partial charge on any atom is 0.328 e. The summed E-state index contributed by atoms with van der Waals surface area (Å²) < 4.78 is 3.15. The van der Waals surface area contributed by atoms with Crippen LogP contribution in [0.15, 0.2) is 47.3 Å². The molecule has 2 aromatic carbocycles. The summed E-state index contributed by atoms with van der Waals surface area (Å²) in [5.41, 5.74) is 4.63. The van der Waals surface area contributed by atoms with E-state index in [9.17, 15) is 9.59 Å². The van der Waals surface area contributed by atoms with Gasteiger partial charge in [0.05, 0.1) is 11.0 Å². The van der Waals surface area contributed by atoms with Crippen molar-refractivity contribution in [3.63, 3.8) is 0 Å². The summed E-state index contributed by atoms with van der Waals surface area (Å²) in [4.78, 5) is 24.0. The zero-order valence-electron chi connectivity index (χ0n) is 14.7. The predicted octanol–water partition coefficient (Wildman–Crippen LogP) is 2.55. The van der Waals surface area contributed by atoms with E-state index < -0.39 is 0 Å². The van der Waals surface area contributed by atoms with Gasteiger partial charge < -0.3 is 10.6 Å². The van der Waals surface area contributed by atoms with Crippen LogP contribution >= 0.6 is 0 Å². The van der Waals surface area contributed by atoms with Gasteiger partial charge in [-0.05, 0) is 42.7 Å². The second-order valence-corrected chi connectivity index (χ2v) is 6.16. The molecule has 0 radical (unpaired) electrons. The van der Waals surface area contributed by atoms with Gasteiger partial charge in [-0.15, -0.1) is 0 Å². The first-order chi connectivity index (χ1) is 12.0. The van der Waals surface area contributed by atoms with Gasteiger partial charge in [-0.3, -0.25) is 9.13 Å². The second-order valence-electron chi connectivity index (χ2n) is 6.16. The Bertz CT molecular complexity index is 985. The number of anilines is 1. The zero-order chi connectivity index (χ0) is 18.0. The number of benzene rings is 2. The lowest BCUT2D eigenvalue weighted by Crippen LogP contribution is -2.30. The smallest absolute Gasteiger partial charge is 0.328 e. The first kappa shape index (κ1) is 16.8. The van der Waals surface area contributed by atoms with Gasteiger partial charge in [0.1, 0.15) is 0 Å².